The summed E-state index contributed by atoms with van der Waals surface area (Å²) in [4.78, 5) is 10.1. The summed E-state index contributed by atoms with van der Waals surface area (Å²) in [6, 6.07) is -0.716. The molecular formula is C6H14N2O2. The molecule has 4 nitrogen and oxygen atoms in total. The van der Waals surface area contributed by atoms with E-state index in [0.717, 1.165) is 12.8 Å². The molecule has 0 rings (SSSR count). The second-order valence-electron chi connectivity index (χ2n) is 2.23. The summed E-state index contributed by atoms with van der Waals surface area (Å²) in [5.41, 5.74) is 10.4. The second kappa shape index (κ2) is 5.20. The highest BCUT2D eigenvalue weighted by molar-refractivity contribution is 5.72. The van der Waals surface area contributed by atoms with Crippen LogP contribution in [0.5, 0.6) is 0 Å². The molecule has 0 amide bonds. The zero-order valence-corrected chi connectivity index (χ0v) is 5.92. The first-order valence-electron chi connectivity index (χ1n) is 3.37. The summed E-state index contributed by atoms with van der Waals surface area (Å²) in [6.45, 7) is 0.604. The van der Waals surface area contributed by atoms with Gasteiger partial charge in [0.15, 0.2) is 0 Å². The lowest BCUT2D eigenvalue weighted by Gasteiger charge is -2.03. The monoisotopic (exact) mass is 152 g/mol. The number of hydrogen-bond donors (Lipinski definition) is 3. The highest BCUT2D eigenvalue weighted by Crippen LogP contribution is 1.96. The van der Waals surface area contributed by atoms with Gasteiger partial charge < -0.3 is 16.6 Å². The molecule has 4 heteroatoms. The molecule has 0 aromatic carbocycles. The van der Waals surface area contributed by atoms with Gasteiger partial charge in [-0.1, -0.05) is 6.42 Å². The molecule has 0 fully saturated rings. The Balaban J connectivity index is 3.21. The van der Waals surface area contributed by atoms with E-state index < -0.39 is 12.0 Å². The van der Waals surface area contributed by atoms with Crippen LogP contribution in [-0.4, -0.2) is 23.7 Å². The van der Waals surface area contributed by atoms with Crippen molar-refractivity contribution in [2.45, 2.75) is 25.3 Å². The normalized spacial score (nSPS) is 13.0. The summed E-state index contributed by atoms with van der Waals surface area (Å²) in [5, 5.41) is 8.33. The average Bonchev–Trinajstić information content (AvgIpc) is 1.88. The molecule has 0 saturated heterocycles. The molecule has 0 saturated carbocycles. The van der Waals surface area contributed by atoms with E-state index in [0.29, 0.717) is 13.0 Å². The van der Waals surface area contributed by atoms with E-state index in [9.17, 15) is 4.79 Å². The van der Waals surface area contributed by atoms with Crippen LogP contribution in [0.25, 0.3) is 0 Å². The first kappa shape index (κ1) is 9.39. The fraction of sp³-hybridized carbons (Fsp3) is 0.833. The molecule has 10 heavy (non-hydrogen) atoms. The van der Waals surface area contributed by atoms with Crippen molar-refractivity contribution in [3.05, 3.63) is 0 Å². The Labute approximate surface area is 60.2 Å². The van der Waals surface area contributed by atoms with Crippen molar-refractivity contribution in [3.8, 4) is 0 Å². The topological polar surface area (TPSA) is 89.3 Å². The molecule has 1 unspecified atom stereocenters. The zero-order chi connectivity index (χ0) is 7.98. The largest absolute Gasteiger partial charge is 0.480 e. The summed E-state index contributed by atoms with van der Waals surface area (Å²) >= 11 is 0. The van der Waals surface area contributed by atoms with Crippen LogP contribution in [0.3, 0.4) is 0 Å². The van der Waals surface area contributed by atoms with E-state index in [4.69, 9.17) is 16.6 Å². The van der Waals surface area contributed by atoms with Crippen molar-refractivity contribution in [2.24, 2.45) is 11.5 Å². The first-order chi connectivity index (χ1) is 4.68. The van der Waals surface area contributed by atoms with E-state index in [-0.39, 0.29) is 0 Å². The van der Waals surface area contributed by atoms with Crippen molar-refractivity contribution in [3.63, 3.8) is 0 Å². The maximum atomic E-state index is 10.1. The SMILES string of the molecule is N[13CH]([13CH2][13CH2][13CH2][13CH2][15NH2])C(=O)O. The summed E-state index contributed by atoms with van der Waals surface area (Å²) < 4.78 is 0. The molecule has 0 radical (unpaired) electrons. The number of nitrogens with two attached hydrogens (primary N) is 2. The van der Waals surface area contributed by atoms with Crippen LogP contribution in [0.15, 0.2) is 0 Å². The molecule has 0 spiro atoms. The predicted octanol–water partition coefficient (Wildman–Crippen LogP) is -0.473. The van der Waals surface area contributed by atoms with Gasteiger partial charge in [-0.05, 0) is 19.4 Å². The summed E-state index contributed by atoms with van der Waals surface area (Å²) in [5.74, 6) is -0.933. The van der Waals surface area contributed by atoms with E-state index >= 15 is 0 Å². The Kier molecular flexibility index (Phi) is 4.88. The molecule has 5 N–H and O–H groups in total. The molecule has 1 atom stereocenters. The van der Waals surface area contributed by atoms with Gasteiger partial charge in [0.2, 0.25) is 0 Å². The maximum absolute atomic E-state index is 10.1. The standard InChI is InChI=1S/C6H14N2O2/c7-4-2-1-3-5(8)6(9)10/h5H,1-4,7-8H2,(H,9,10)/i1+1,2+1,3+1,4+1,5+1,7+1. The van der Waals surface area contributed by atoms with Gasteiger partial charge in [-0.3, -0.25) is 4.79 Å². The first-order valence-corrected chi connectivity index (χ1v) is 3.37. The average molecular weight is 152 g/mol. The quantitative estimate of drug-likeness (QED) is 0.282. The molecule has 0 bridgehead atoms. The van der Waals surface area contributed by atoms with Gasteiger partial charge in [-0.15, -0.1) is 0 Å². The van der Waals surface area contributed by atoms with Crippen LogP contribution in [-0.2, 0) is 4.79 Å². The van der Waals surface area contributed by atoms with Gasteiger partial charge in [-0.25, -0.2) is 0 Å². The van der Waals surface area contributed by atoms with Gasteiger partial charge in [-0.2, -0.15) is 0 Å². The third kappa shape index (κ3) is 4.29. The second-order valence-corrected chi connectivity index (χ2v) is 2.23. The molecular weight excluding hydrogens is 138 g/mol. The van der Waals surface area contributed by atoms with Gasteiger partial charge in [0, 0.05) is 0 Å². The molecule has 0 aliphatic carbocycles. The lowest BCUT2D eigenvalue weighted by molar-refractivity contribution is -0.138. The number of hydrogen-bond acceptors (Lipinski definition) is 3. The van der Waals surface area contributed by atoms with Crippen LogP contribution >= 0.6 is 0 Å². The Bertz CT molecular complexity index is 106. The van der Waals surface area contributed by atoms with Crippen molar-refractivity contribution < 1.29 is 9.90 Å². The Hall–Kier alpha value is -0.610. The zero-order valence-electron chi connectivity index (χ0n) is 5.92. The van der Waals surface area contributed by atoms with Crippen LogP contribution in [0, 0.1) is 0 Å². The van der Waals surface area contributed by atoms with Gasteiger partial charge in [0.05, 0.1) is 0 Å². The summed E-state index contributed by atoms with van der Waals surface area (Å²) in [7, 11) is 0. The number of rotatable bonds is 5. The van der Waals surface area contributed by atoms with E-state index in [1.54, 1.807) is 0 Å². The van der Waals surface area contributed by atoms with Crippen LogP contribution < -0.4 is 11.5 Å². The lowest BCUT2D eigenvalue weighted by atomic mass is 10.9. The highest BCUT2D eigenvalue weighted by atomic mass is 16.4. The molecule has 0 heterocycles. The minimum atomic E-state index is -0.933. The highest BCUT2D eigenvalue weighted by Gasteiger charge is 2.09. The lowest BCUT2D eigenvalue weighted by Crippen LogP contribution is -2.29. The minimum absolute atomic E-state index is 0.520. The Morgan fingerprint density at radius 2 is 2.10 bits per heavy atom. The number of carbonyl (C=O) groups is 1. The maximum Gasteiger partial charge on any atom is 0.320 e. The molecule has 0 aromatic heterocycles. The fourth-order valence-corrected chi connectivity index (χ4v) is 0.632. The van der Waals surface area contributed by atoms with Gasteiger partial charge >= 0.3 is 5.97 Å². The van der Waals surface area contributed by atoms with Crippen LogP contribution in [0.1, 0.15) is 19.3 Å². The molecule has 0 aromatic rings. The van der Waals surface area contributed by atoms with Crippen molar-refractivity contribution in [1.29, 1.82) is 0 Å². The number of carboxylic acid groups (broad SMARTS) is 1. The Morgan fingerprint density at radius 1 is 1.50 bits per heavy atom. The molecule has 0 aliphatic rings. The van der Waals surface area contributed by atoms with E-state index in [2.05, 4.69) is 0 Å². The van der Waals surface area contributed by atoms with Crippen LogP contribution in [0.4, 0.5) is 0 Å². The third-order valence-corrected chi connectivity index (χ3v) is 1.29. The van der Waals surface area contributed by atoms with Crippen LogP contribution in [0.2, 0.25) is 0 Å². The molecule has 0 aliphatic heterocycles. The minimum Gasteiger partial charge on any atom is -0.480 e. The van der Waals surface area contributed by atoms with E-state index in [1.807, 2.05) is 0 Å². The number of unbranched alkanes of at least 4 members (excludes halogenated alkanes) is 1. The van der Waals surface area contributed by atoms with Gasteiger partial charge in [0.25, 0.3) is 0 Å². The number of aliphatic carboxylic acids is 1. The smallest absolute Gasteiger partial charge is 0.320 e. The van der Waals surface area contributed by atoms with Gasteiger partial charge in [0.1, 0.15) is 6.04 Å². The van der Waals surface area contributed by atoms with Crippen molar-refractivity contribution in [1.82, 2.24) is 0 Å². The third-order valence-electron chi connectivity index (χ3n) is 1.29. The van der Waals surface area contributed by atoms with Crippen molar-refractivity contribution >= 4 is 5.97 Å². The van der Waals surface area contributed by atoms with Crippen molar-refractivity contribution in [2.75, 3.05) is 6.54 Å². The Morgan fingerprint density at radius 3 is 2.50 bits per heavy atom. The number of carboxylic acids is 1. The fourth-order valence-electron chi connectivity index (χ4n) is 0.632. The van der Waals surface area contributed by atoms with E-state index in [1.165, 1.54) is 0 Å². The summed E-state index contributed by atoms with van der Waals surface area (Å²) in [6.07, 6.45) is 2.16. The molecule has 60 valence electrons. The predicted molar refractivity (Wildman–Crippen MR) is 38.5 cm³/mol.